The van der Waals surface area contributed by atoms with E-state index < -0.39 is 5.54 Å². The number of nitrogens with two attached hydrogens (primary N) is 2. The minimum Gasteiger partial charge on any atom is -0.382 e. The van der Waals surface area contributed by atoms with Crippen molar-refractivity contribution in [3.63, 3.8) is 0 Å². The van der Waals surface area contributed by atoms with E-state index in [0.29, 0.717) is 30.1 Å². The van der Waals surface area contributed by atoms with Gasteiger partial charge in [-0.1, -0.05) is 13.0 Å². The Kier molecular flexibility index (Phi) is 6.40. The molecular formula is C29H30FN9. The number of aryl methyl sites for hydroxylation is 1. The molecular weight excluding hydrogens is 493 g/mol. The summed E-state index contributed by atoms with van der Waals surface area (Å²) in [6, 6.07) is 14.5. The smallest absolute Gasteiger partial charge is 0.165 e. The summed E-state index contributed by atoms with van der Waals surface area (Å²) in [5.41, 5.74) is 19.2. The zero-order chi connectivity index (χ0) is 27.0. The molecule has 9 nitrogen and oxygen atoms in total. The molecule has 0 spiro atoms. The zero-order valence-corrected chi connectivity index (χ0v) is 21.8. The van der Waals surface area contributed by atoms with Gasteiger partial charge in [0.1, 0.15) is 17.7 Å². The van der Waals surface area contributed by atoms with Crippen LogP contribution in [0.3, 0.4) is 0 Å². The number of nitrogen functional groups attached to an aromatic ring is 1. The third-order valence-electron chi connectivity index (χ3n) is 7.42. The fraction of sp³-hybridized carbons (Fsp3) is 0.276. The molecule has 4 N–H and O–H groups in total. The summed E-state index contributed by atoms with van der Waals surface area (Å²) in [7, 11) is 0. The number of fused-ring (bicyclic) bond motifs is 1. The van der Waals surface area contributed by atoms with Gasteiger partial charge < -0.3 is 20.9 Å². The van der Waals surface area contributed by atoms with Gasteiger partial charge >= 0.3 is 0 Å². The summed E-state index contributed by atoms with van der Waals surface area (Å²) in [4.78, 5) is 24.9. The maximum atomic E-state index is 13.6. The number of anilines is 2. The lowest BCUT2D eigenvalue weighted by atomic mass is 9.85. The van der Waals surface area contributed by atoms with Crippen LogP contribution < -0.4 is 16.4 Å². The Hall–Kier alpha value is -4.44. The van der Waals surface area contributed by atoms with E-state index in [4.69, 9.17) is 21.4 Å². The normalized spacial score (nSPS) is 17.6. The molecule has 0 amide bonds. The first-order chi connectivity index (χ1) is 18.9. The van der Waals surface area contributed by atoms with Crippen LogP contribution >= 0.6 is 0 Å². The van der Waals surface area contributed by atoms with E-state index >= 15 is 0 Å². The molecule has 0 bridgehead atoms. The highest BCUT2D eigenvalue weighted by molar-refractivity contribution is 5.81. The fourth-order valence-electron chi connectivity index (χ4n) is 5.33. The average molecular weight is 524 g/mol. The standard InChI is InChI=1S/C29H30FN9/c1-2-22-5-3-6-25(37-22)29(32)11-4-12-38(16-29)24-14-33-23(19-7-9-21(30)10-8-19)13-20(24)15-39-18-36-26-27(31)34-17-35-28(26)39/h3,5-10,13-14,17-18H,2,4,11-12,15-16,32H2,1H3,(H2,31,34,35)/t29-/m1/s1. The van der Waals surface area contributed by atoms with E-state index in [1.54, 1.807) is 18.5 Å². The van der Waals surface area contributed by atoms with Crippen molar-refractivity contribution in [3.05, 3.63) is 90.2 Å². The quantitative estimate of drug-likeness (QED) is 0.341. The van der Waals surface area contributed by atoms with Crippen molar-refractivity contribution in [2.75, 3.05) is 23.7 Å². The Labute approximate surface area is 225 Å². The van der Waals surface area contributed by atoms with Crippen LogP contribution in [-0.4, -0.2) is 42.6 Å². The third-order valence-corrected chi connectivity index (χ3v) is 7.42. The molecule has 1 aliphatic rings. The second-order valence-corrected chi connectivity index (χ2v) is 10.1. The maximum absolute atomic E-state index is 13.6. The lowest BCUT2D eigenvalue weighted by Gasteiger charge is -2.41. The summed E-state index contributed by atoms with van der Waals surface area (Å²) in [6.45, 7) is 4.03. The van der Waals surface area contributed by atoms with Gasteiger partial charge in [0.2, 0.25) is 0 Å². The molecule has 0 radical (unpaired) electrons. The van der Waals surface area contributed by atoms with Crippen LogP contribution in [0.5, 0.6) is 0 Å². The Morgan fingerprint density at radius 2 is 1.90 bits per heavy atom. The second-order valence-electron chi connectivity index (χ2n) is 10.1. The van der Waals surface area contributed by atoms with Crippen LogP contribution in [0, 0.1) is 5.82 Å². The van der Waals surface area contributed by atoms with E-state index in [2.05, 4.69) is 26.8 Å². The first kappa shape index (κ1) is 24.9. The van der Waals surface area contributed by atoms with Crippen LogP contribution in [0.15, 0.2) is 67.4 Å². The van der Waals surface area contributed by atoms with E-state index in [9.17, 15) is 4.39 Å². The van der Waals surface area contributed by atoms with Crippen molar-refractivity contribution in [1.29, 1.82) is 0 Å². The van der Waals surface area contributed by atoms with Crippen LogP contribution in [0.25, 0.3) is 22.4 Å². The van der Waals surface area contributed by atoms with E-state index in [1.807, 2.05) is 35.0 Å². The van der Waals surface area contributed by atoms with E-state index in [-0.39, 0.29) is 5.82 Å². The minimum absolute atomic E-state index is 0.286. The SMILES string of the molecule is CCc1cccc([C@@]2(N)CCCN(c3cnc(-c4ccc(F)cc4)cc3Cn3cnc4c(N)ncnc43)C2)n1. The largest absolute Gasteiger partial charge is 0.382 e. The van der Waals surface area contributed by atoms with Crippen molar-refractivity contribution >= 4 is 22.7 Å². The summed E-state index contributed by atoms with van der Waals surface area (Å²) in [5.74, 6) is 0.0533. The first-order valence-corrected chi connectivity index (χ1v) is 13.1. The zero-order valence-electron chi connectivity index (χ0n) is 21.8. The predicted molar refractivity (Wildman–Crippen MR) is 149 cm³/mol. The highest BCUT2D eigenvalue weighted by Gasteiger charge is 2.35. The molecule has 1 atom stereocenters. The Morgan fingerprint density at radius 3 is 2.72 bits per heavy atom. The number of aromatic nitrogens is 6. The highest BCUT2D eigenvalue weighted by atomic mass is 19.1. The lowest BCUT2D eigenvalue weighted by Crippen LogP contribution is -2.52. The van der Waals surface area contributed by atoms with Gasteiger partial charge in [-0.25, -0.2) is 19.3 Å². The Morgan fingerprint density at radius 1 is 1.05 bits per heavy atom. The highest BCUT2D eigenvalue weighted by Crippen LogP contribution is 2.34. The number of piperidine rings is 1. The second kappa shape index (κ2) is 10.0. The molecule has 0 unspecified atom stereocenters. The fourth-order valence-corrected chi connectivity index (χ4v) is 5.33. The first-order valence-electron chi connectivity index (χ1n) is 13.1. The van der Waals surface area contributed by atoms with Crippen molar-refractivity contribution in [3.8, 4) is 11.3 Å². The number of rotatable bonds is 6. The monoisotopic (exact) mass is 523 g/mol. The van der Waals surface area contributed by atoms with Gasteiger partial charge in [0.05, 0.1) is 41.7 Å². The van der Waals surface area contributed by atoms with Gasteiger partial charge in [-0.3, -0.25) is 9.97 Å². The third kappa shape index (κ3) is 4.79. The van der Waals surface area contributed by atoms with Crippen molar-refractivity contribution in [2.24, 2.45) is 5.73 Å². The molecule has 6 rings (SSSR count). The molecule has 1 aliphatic heterocycles. The molecule has 1 aromatic carbocycles. The number of halogens is 1. The molecule has 1 saturated heterocycles. The summed E-state index contributed by atoms with van der Waals surface area (Å²) in [5, 5.41) is 0. The van der Waals surface area contributed by atoms with Gasteiger partial charge in [-0.2, -0.15) is 0 Å². The molecule has 1 fully saturated rings. The van der Waals surface area contributed by atoms with Crippen LogP contribution in [0.1, 0.15) is 36.7 Å². The predicted octanol–water partition coefficient (Wildman–Crippen LogP) is 4.07. The molecule has 4 aromatic heterocycles. The molecule has 198 valence electrons. The topological polar surface area (TPSA) is 125 Å². The molecule has 10 heteroatoms. The van der Waals surface area contributed by atoms with Gasteiger partial charge in [-0.15, -0.1) is 0 Å². The van der Waals surface area contributed by atoms with Crippen molar-refractivity contribution in [1.82, 2.24) is 29.5 Å². The molecule has 5 heterocycles. The minimum atomic E-state index is -0.584. The number of hydrogen-bond acceptors (Lipinski definition) is 8. The van der Waals surface area contributed by atoms with E-state index in [0.717, 1.165) is 59.7 Å². The summed E-state index contributed by atoms with van der Waals surface area (Å²) in [6.07, 6.45) is 7.69. The van der Waals surface area contributed by atoms with E-state index in [1.165, 1.54) is 18.5 Å². The molecule has 39 heavy (non-hydrogen) atoms. The lowest BCUT2D eigenvalue weighted by molar-refractivity contribution is 0.344. The van der Waals surface area contributed by atoms with Gasteiger partial charge in [0.25, 0.3) is 0 Å². The van der Waals surface area contributed by atoms with Crippen LogP contribution in [0.4, 0.5) is 15.9 Å². The van der Waals surface area contributed by atoms with Crippen LogP contribution in [-0.2, 0) is 18.5 Å². The number of benzene rings is 1. The van der Waals surface area contributed by atoms with Crippen molar-refractivity contribution < 1.29 is 4.39 Å². The van der Waals surface area contributed by atoms with Gasteiger partial charge in [0.15, 0.2) is 11.5 Å². The Balaban J connectivity index is 1.40. The van der Waals surface area contributed by atoms with Gasteiger partial charge in [-0.05, 0) is 67.3 Å². The molecule has 0 aliphatic carbocycles. The maximum Gasteiger partial charge on any atom is 0.165 e. The van der Waals surface area contributed by atoms with Crippen LogP contribution in [0.2, 0.25) is 0 Å². The number of pyridine rings is 2. The number of imidazole rings is 1. The summed E-state index contributed by atoms with van der Waals surface area (Å²) < 4.78 is 15.6. The molecule has 5 aromatic rings. The Bertz CT molecular complexity index is 1630. The molecule has 0 saturated carbocycles. The number of nitrogens with zero attached hydrogens (tertiary/aromatic N) is 7. The summed E-state index contributed by atoms with van der Waals surface area (Å²) >= 11 is 0. The van der Waals surface area contributed by atoms with Crippen molar-refractivity contribution in [2.45, 2.75) is 38.3 Å². The number of hydrogen-bond donors (Lipinski definition) is 2. The van der Waals surface area contributed by atoms with Gasteiger partial charge in [0, 0.05) is 24.3 Å². The average Bonchev–Trinajstić information content (AvgIpc) is 3.37.